The molecule has 2 rings (SSSR count). The van der Waals surface area contributed by atoms with Gasteiger partial charge >= 0.3 is 12.1 Å². The summed E-state index contributed by atoms with van der Waals surface area (Å²) >= 11 is 3.56. The first-order valence-corrected chi connectivity index (χ1v) is 7.89. The van der Waals surface area contributed by atoms with Crippen LogP contribution >= 0.6 is 15.9 Å². The van der Waals surface area contributed by atoms with Crippen LogP contribution in [0.3, 0.4) is 0 Å². The van der Waals surface area contributed by atoms with Crippen molar-refractivity contribution in [2.24, 2.45) is 0 Å². The third-order valence-electron chi connectivity index (χ3n) is 3.65. The van der Waals surface area contributed by atoms with Crippen LogP contribution in [0.2, 0.25) is 0 Å². The summed E-state index contributed by atoms with van der Waals surface area (Å²) in [6.07, 6.45) is -1.74. The van der Waals surface area contributed by atoms with E-state index in [1.807, 2.05) is 12.1 Å². The number of halogens is 4. The molecule has 2 nitrogen and oxygen atoms in total. The molecule has 0 aliphatic carbocycles. The Morgan fingerprint density at radius 2 is 2.14 bits per heavy atom. The Morgan fingerprint density at radius 1 is 1.43 bits per heavy atom. The van der Waals surface area contributed by atoms with Gasteiger partial charge in [-0.2, -0.15) is 13.2 Å². The van der Waals surface area contributed by atoms with E-state index in [2.05, 4.69) is 22.9 Å². The van der Waals surface area contributed by atoms with E-state index in [4.69, 9.17) is 0 Å². The molecule has 1 aliphatic rings. The molecular formula is C15H17BrF3NO. The van der Waals surface area contributed by atoms with E-state index in [1.54, 1.807) is 6.07 Å². The summed E-state index contributed by atoms with van der Waals surface area (Å²) in [4.78, 5) is 12.7. The molecule has 21 heavy (non-hydrogen) atoms. The quantitative estimate of drug-likeness (QED) is 0.735. The monoisotopic (exact) mass is 363 g/mol. The first-order chi connectivity index (χ1) is 9.82. The predicted octanol–water partition coefficient (Wildman–Crippen LogP) is 4.24. The number of rotatable bonds is 3. The first-order valence-electron chi connectivity index (χ1n) is 6.97. The maximum Gasteiger partial charge on any atom is 0.471 e. The second-order valence-electron chi connectivity index (χ2n) is 5.23. The molecule has 0 fully saturated rings. The number of amides is 1. The van der Waals surface area contributed by atoms with Gasteiger partial charge < -0.3 is 4.90 Å². The van der Waals surface area contributed by atoms with Gasteiger partial charge in [-0.1, -0.05) is 35.0 Å². The van der Waals surface area contributed by atoms with Gasteiger partial charge in [-0.3, -0.25) is 4.79 Å². The average Bonchev–Trinajstić information content (AvgIpc) is 2.44. The van der Waals surface area contributed by atoms with Crippen LogP contribution in [0, 0.1) is 0 Å². The van der Waals surface area contributed by atoms with E-state index < -0.39 is 12.1 Å². The number of hydrogen-bond donors (Lipinski definition) is 0. The van der Waals surface area contributed by atoms with Crippen molar-refractivity contribution in [1.82, 2.24) is 0 Å². The standard InChI is InChI=1S/C15H17BrF3NO/c1-2-12(16)9-10-5-6-13-11(8-10)4-3-7-20(13)14(21)15(17,18)19/h5-6,8,12H,2-4,7,9H2,1H3. The van der Waals surface area contributed by atoms with Crippen LogP contribution in [0.5, 0.6) is 0 Å². The molecule has 0 spiro atoms. The van der Waals surface area contributed by atoms with E-state index in [1.165, 1.54) is 0 Å². The van der Waals surface area contributed by atoms with Crippen molar-refractivity contribution in [1.29, 1.82) is 0 Å². The molecule has 0 bridgehead atoms. The minimum atomic E-state index is -4.82. The smallest absolute Gasteiger partial charge is 0.304 e. The predicted molar refractivity (Wildman–Crippen MR) is 79.9 cm³/mol. The van der Waals surface area contributed by atoms with Gasteiger partial charge in [0.15, 0.2) is 0 Å². The Bertz CT molecular complexity index is 530. The van der Waals surface area contributed by atoms with E-state index in [9.17, 15) is 18.0 Å². The van der Waals surface area contributed by atoms with Crippen molar-refractivity contribution in [2.75, 3.05) is 11.4 Å². The normalized spacial score (nSPS) is 16.5. The fourth-order valence-corrected chi connectivity index (χ4v) is 2.92. The number of nitrogens with zero attached hydrogens (tertiary/aromatic N) is 1. The highest BCUT2D eigenvalue weighted by molar-refractivity contribution is 9.09. The Labute approximate surface area is 130 Å². The van der Waals surface area contributed by atoms with Gasteiger partial charge in [-0.15, -0.1) is 0 Å². The zero-order valence-electron chi connectivity index (χ0n) is 11.7. The van der Waals surface area contributed by atoms with Crippen LogP contribution in [0.4, 0.5) is 18.9 Å². The Balaban J connectivity index is 2.26. The van der Waals surface area contributed by atoms with Crippen molar-refractivity contribution < 1.29 is 18.0 Å². The van der Waals surface area contributed by atoms with Crippen LogP contribution < -0.4 is 4.90 Å². The van der Waals surface area contributed by atoms with Crippen molar-refractivity contribution in [2.45, 2.75) is 43.6 Å². The number of benzene rings is 1. The lowest BCUT2D eigenvalue weighted by molar-refractivity contribution is -0.170. The van der Waals surface area contributed by atoms with Crippen LogP contribution in [0.25, 0.3) is 0 Å². The van der Waals surface area contributed by atoms with E-state index in [0.717, 1.165) is 28.9 Å². The van der Waals surface area contributed by atoms with Crippen LogP contribution in [-0.4, -0.2) is 23.5 Å². The van der Waals surface area contributed by atoms with Gasteiger partial charge in [0.25, 0.3) is 0 Å². The molecule has 0 N–H and O–H groups in total. The Kier molecular flexibility index (Phi) is 4.96. The molecule has 1 aliphatic heterocycles. The van der Waals surface area contributed by atoms with Crippen molar-refractivity contribution in [3.63, 3.8) is 0 Å². The molecule has 1 atom stereocenters. The number of carbonyl (C=O) groups is 1. The maximum atomic E-state index is 12.6. The maximum absolute atomic E-state index is 12.6. The number of fused-ring (bicyclic) bond motifs is 1. The summed E-state index contributed by atoms with van der Waals surface area (Å²) in [6, 6.07) is 5.38. The highest BCUT2D eigenvalue weighted by atomic mass is 79.9. The van der Waals surface area contributed by atoms with Crippen molar-refractivity contribution in [3.8, 4) is 0 Å². The molecule has 116 valence electrons. The Morgan fingerprint density at radius 3 is 2.76 bits per heavy atom. The zero-order chi connectivity index (χ0) is 15.6. The fraction of sp³-hybridized carbons (Fsp3) is 0.533. The van der Waals surface area contributed by atoms with E-state index >= 15 is 0 Å². The van der Waals surface area contributed by atoms with Crippen LogP contribution in [0.1, 0.15) is 30.9 Å². The average molecular weight is 364 g/mol. The summed E-state index contributed by atoms with van der Waals surface area (Å²) in [7, 11) is 0. The lowest BCUT2D eigenvalue weighted by Crippen LogP contribution is -2.43. The largest absolute Gasteiger partial charge is 0.471 e. The third kappa shape index (κ3) is 3.78. The summed E-state index contributed by atoms with van der Waals surface area (Å²) in [5.41, 5.74) is 2.31. The lowest BCUT2D eigenvalue weighted by Gasteiger charge is -2.30. The fourth-order valence-electron chi connectivity index (χ4n) is 2.54. The SMILES string of the molecule is CCC(Br)Cc1ccc2c(c1)CCCN2C(=O)C(F)(F)F. The van der Waals surface area contributed by atoms with Gasteiger partial charge in [0.05, 0.1) is 0 Å². The van der Waals surface area contributed by atoms with Crippen LogP contribution in [0.15, 0.2) is 18.2 Å². The summed E-state index contributed by atoms with van der Waals surface area (Å²) in [6.45, 7) is 2.20. The third-order valence-corrected chi connectivity index (χ3v) is 4.62. The molecule has 1 amide bonds. The van der Waals surface area contributed by atoms with E-state index in [-0.39, 0.29) is 6.54 Å². The highest BCUT2D eigenvalue weighted by Gasteiger charge is 2.43. The van der Waals surface area contributed by atoms with E-state index in [0.29, 0.717) is 23.4 Å². The lowest BCUT2D eigenvalue weighted by atomic mass is 9.97. The molecule has 1 heterocycles. The van der Waals surface area contributed by atoms with Crippen LogP contribution in [-0.2, 0) is 17.6 Å². The number of hydrogen-bond acceptors (Lipinski definition) is 1. The zero-order valence-corrected chi connectivity index (χ0v) is 13.3. The highest BCUT2D eigenvalue weighted by Crippen LogP contribution is 2.32. The molecule has 0 saturated heterocycles. The molecule has 1 aromatic rings. The summed E-state index contributed by atoms with van der Waals surface area (Å²) in [5, 5.41) is 0. The molecule has 0 aromatic heterocycles. The van der Waals surface area contributed by atoms with Gasteiger partial charge in [-0.05, 0) is 42.9 Å². The second kappa shape index (κ2) is 6.38. The minimum Gasteiger partial charge on any atom is -0.304 e. The second-order valence-corrected chi connectivity index (χ2v) is 6.53. The Hall–Kier alpha value is -1.04. The molecule has 1 unspecified atom stereocenters. The summed E-state index contributed by atoms with van der Waals surface area (Å²) < 4.78 is 37.9. The first kappa shape index (κ1) is 16.3. The molecule has 1 aromatic carbocycles. The number of anilines is 1. The van der Waals surface area contributed by atoms with Gasteiger partial charge in [0, 0.05) is 17.1 Å². The molecule has 6 heteroatoms. The molecule has 0 radical (unpaired) electrons. The number of alkyl halides is 4. The molecular weight excluding hydrogens is 347 g/mol. The van der Waals surface area contributed by atoms with Gasteiger partial charge in [0.2, 0.25) is 0 Å². The molecule has 0 saturated carbocycles. The van der Waals surface area contributed by atoms with Crippen molar-refractivity contribution in [3.05, 3.63) is 29.3 Å². The number of carbonyl (C=O) groups excluding carboxylic acids is 1. The number of aryl methyl sites for hydroxylation is 1. The van der Waals surface area contributed by atoms with Gasteiger partial charge in [0.1, 0.15) is 0 Å². The topological polar surface area (TPSA) is 20.3 Å². The van der Waals surface area contributed by atoms with Gasteiger partial charge in [-0.25, -0.2) is 0 Å². The summed E-state index contributed by atoms with van der Waals surface area (Å²) in [5.74, 6) is -1.77. The minimum absolute atomic E-state index is 0.126. The van der Waals surface area contributed by atoms with Crippen molar-refractivity contribution >= 4 is 27.5 Å².